The van der Waals surface area contributed by atoms with Gasteiger partial charge in [-0.15, -0.1) is 23.1 Å². The highest BCUT2D eigenvalue weighted by molar-refractivity contribution is 8.03. The average molecular weight is 436 g/mol. The van der Waals surface area contributed by atoms with E-state index < -0.39 is 0 Å². The molecule has 5 nitrogen and oxygen atoms in total. The van der Waals surface area contributed by atoms with Gasteiger partial charge in [-0.25, -0.2) is 0 Å². The monoisotopic (exact) mass is 435 g/mol. The number of hydrogen-bond acceptors (Lipinski definition) is 6. The Hall–Kier alpha value is -3.03. The predicted molar refractivity (Wildman–Crippen MR) is 117 cm³/mol. The van der Waals surface area contributed by atoms with E-state index in [4.69, 9.17) is 9.47 Å². The van der Waals surface area contributed by atoms with E-state index >= 15 is 0 Å². The number of nitrogens with zero attached hydrogens (tertiary/aromatic N) is 1. The van der Waals surface area contributed by atoms with Crippen LogP contribution in [0.5, 0.6) is 11.5 Å². The molecule has 1 aromatic heterocycles. The number of hydrogen-bond donors (Lipinski definition) is 0. The fraction of sp³-hybridized carbons (Fsp3) is 0.130. The minimum atomic E-state index is -0.254. The summed E-state index contributed by atoms with van der Waals surface area (Å²) in [4.78, 5) is 29.2. The Kier molecular flexibility index (Phi) is 5.06. The van der Waals surface area contributed by atoms with E-state index in [2.05, 4.69) is 0 Å². The zero-order valence-corrected chi connectivity index (χ0v) is 17.5. The maximum Gasteiger partial charge on any atom is 0.268 e. The third-order valence-corrected chi connectivity index (χ3v) is 6.93. The number of carbonyl (C=O) groups is 2. The van der Waals surface area contributed by atoms with Gasteiger partial charge in [0.2, 0.25) is 6.79 Å². The second-order valence-corrected chi connectivity index (χ2v) is 8.77. The standard InChI is InChI=1S/C23H17NO4S2/c25-22-20(19-7-4-10-29-19)21(30-13-15-5-2-1-3-6-15)23(26)24(22)12-16-8-9-17-18(11-16)28-14-27-17/h1-11H,12-14H2. The molecule has 3 heterocycles. The largest absolute Gasteiger partial charge is 0.454 e. The number of imide groups is 1. The van der Waals surface area contributed by atoms with Crippen LogP contribution >= 0.6 is 23.1 Å². The van der Waals surface area contributed by atoms with E-state index in [1.54, 1.807) is 6.07 Å². The molecular weight excluding hydrogens is 418 g/mol. The van der Waals surface area contributed by atoms with Gasteiger partial charge in [-0.1, -0.05) is 42.5 Å². The number of amides is 2. The van der Waals surface area contributed by atoms with Gasteiger partial charge in [0.05, 0.1) is 17.0 Å². The Morgan fingerprint density at radius 1 is 0.900 bits per heavy atom. The maximum atomic E-state index is 13.3. The Balaban J connectivity index is 1.43. The lowest BCUT2D eigenvalue weighted by Crippen LogP contribution is -2.30. The molecule has 0 bridgehead atoms. The summed E-state index contributed by atoms with van der Waals surface area (Å²) < 4.78 is 10.8. The van der Waals surface area contributed by atoms with E-state index in [9.17, 15) is 9.59 Å². The van der Waals surface area contributed by atoms with Gasteiger partial charge >= 0.3 is 0 Å². The van der Waals surface area contributed by atoms with E-state index in [0.29, 0.717) is 27.7 Å². The SMILES string of the molecule is O=C1C(SCc2ccccc2)=C(c2cccs2)C(=O)N1Cc1ccc2c(c1)OCO2. The molecule has 2 aliphatic heterocycles. The van der Waals surface area contributed by atoms with E-state index in [1.165, 1.54) is 28.0 Å². The summed E-state index contributed by atoms with van der Waals surface area (Å²) in [6.07, 6.45) is 0. The molecule has 0 saturated heterocycles. The molecule has 0 fully saturated rings. The Labute approximate surface area is 181 Å². The molecule has 2 amide bonds. The molecule has 0 unspecified atom stereocenters. The molecule has 30 heavy (non-hydrogen) atoms. The third kappa shape index (κ3) is 3.51. The highest BCUT2D eigenvalue weighted by Gasteiger charge is 2.39. The average Bonchev–Trinajstić information content (AvgIpc) is 3.50. The van der Waals surface area contributed by atoms with Crippen molar-refractivity contribution in [1.29, 1.82) is 0 Å². The van der Waals surface area contributed by atoms with Crippen molar-refractivity contribution in [2.45, 2.75) is 12.3 Å². The topological polar surface area (TPSA) is 55.8 Å². The molecule has 0 N–H and O–H groups in total. The van der Waals surface area contributed by atoms with Gasteiger partial charge < -0.3 is 9.47 Å². The van der Waals surface area contributed by atoms with Crippen LogP contribution in [0.25, 0.3) is 5.57 Å². The fourth-order valence-electron chi connectivity index (χ4n) is 3.42. The van der Waals surface area contributed by atoms with Crippen molar-refractivity contribution < 1.29 is 19.1 Å². The second-order valence-electron chi connectivity index (χ2n) is 6.84. The van der Waals surface area contributed by atoms with Crippen molar-refractivity contribution in [3.63, 3.8) is 0 Å². The van der Waals surface area contributed by atoms with Crippen molar-refractivity contribution in [2.24, 2.45) is 0 Å². The summed E-state index contributed by atoms with van der Waals surface area (Å²) in [7, 11) is 0. The van der Waals surface area contributed by atoms with Crippen LogP contribution in [-0.4, -0.2) is 23.5 Å². The number of carbonyl (C=O) groups excluding carboxylic acids is 2. The Bertz CT molecular complexity index is 1140. The molecule has 150 valence electrons. The highest BCUT2D eigenvalue weighted by atomic mass is 32.2. The van der Waals surface area contributed by atoms with Crippen LogP contribution in [0.15, 0.2) is 70.9 Å². The number of ether oxygens (including phenoxy) is 2. The zero-order valence-electron chi connectivity index (χ0n) is 15.9. The third-order valence-electron chi connectivity index (χ3n) is 4.90. The molecule has 7 heteroatoms. The first-order valence-electron chi connectivity index (χ1n) is 9.40. The van der Waals surface area contributed by atoms with Crippen molar-refractivity contribution in [2.75, 3.05) is 6.79 Å². The highest BCUT2D eigenvalue weighted by Crippen LogP contribution is 2.40. The molecule has 0 spiro atoms. The number of fused-ring (bicyclic) bond motifs is 1. The Morgan fingerprint density at radius 3 is 2.53 bits per heavy atom. The molecule has 0 radical (unpaired) electrons. The summed E-state index contributed by atoms with van der Waals surface area (Å²) >= 11 is 2.89. The van der Waals surface area contributed by atoms with Crippen LogP contribution < -0.4 is 9.47 Å². The van der Waals surface area contributed by atoms with Gasteiger partial charge in [-0.2, -0.15) is 0 Å². The van der Waals surface area contributed by atoms with Gasteiger partial charge in [-0.3, -0.25) is 14.5 Å². The van der Waals surface area contributed by atoms with E-state index in [1.807, 2.05) is 60.0 Å². The lowest BCUT2D eigenvalue weighted by molar-refractivity contribution is -0.137. The van der Waals surface area contributed by atoms with Crippen LogP contribution in [0.1, 0.15) is 16.0 Å². The van der Waals surface area contributed by atoms with Crippen molar-refractivity contribution in [3.8, 4) is 11.5 Å². The molecule has 0 atom stereocenters. The summed E-state index contributed by atoms with van der Waals surface area (Å²) in [5.74, 6) is 1.44. The minimum Gasteiger partial charge on any atom is -0.454 e. The number of thiophene rings is 1. The van der Waals surface area contributed by atoms with Gasteiger partial charge in [0.1, 0.15) is 0 Å². The van der Waals surface area contributed by atoms with Crippen molar-refractivity contribution in [3.05, 3.63) is 87.0 Å². The number of thioether (sulfide) groups is 1. The summed E-state index contributed by atoms with van der Waals surface area (Å²) in [5, 5.41) is 1.92. The minimum absolute atomic E-state index is 0.185. The predicted octanol–water partition coefficient (Wildman–Crippen LogP) is 4.69. The van der Waals surface area contributed by atoms with Crippen LogP contribution in [-0.2, 0) is 21.9 Å². The molecule has 3 aromatic rings. The number of benzene rings is 2. The molecule has 0 saturated carbocycles. The van der Waals surface area contributed by atoms with Crippen molar-refractivity contribution in [1.82, 2.24) is 4.90 Å². The number of rotatable bonds is 6. The van der Waals surface area contributed by atoms with Crippen LogP contribution in [0.3, 0.4) is 0 Å². The van der Waals surface area contributed by atoms with Gasteiger partial charge in [0, 0.05) is 10.6 Å². The van der Waals surface area contributed by atoms with Gasteiger partial charge in [0.15, 0.2) is 11.5 Å². The first-order chi connectivity index (χ1) is 14.7. The summed E-state index contributed by atoms with van der Waals surface area (Å²) in [6.45, 7) is 0.378. The first kappa shape index (κ1) is 19.0. The molecule has 2 aliphatic rings. The smallest absolute Gasteiger partial charge is 0.268 e. The van der Waals surface area contributed by atoms with Crippen LogP contribution in [0, 0.1) is 0 Å². The van der Waals surface area contributed by atoms with Gasteiger partial charge in [-0.05, 0) is 34.7 Å². The second kappa shape index (κ2) is 8.01. The van der Waals surface area contributed by atoms with Crippen molar-refractivity contribution >= 4 is 40.5 Å². The molecule has 5 rings (SSSR count). The maximum absolute atomic E-state index is 13.3. The molecule has 0 aliphatic carbocycles. The van der Waals surface area contributed by atoms with E-state index in [-0.39, 0.29) is 25.2 Å². The summed E-state index contributed by atoms with van der Waals surface area (Å²) in [6, 6.07) is 19.2. The van der Waals surface area contributed by atoms with Crippen LogP contribution in [0.2, 0.25) is 0 Å². The lowest BCUT2D eigenvalue weighted by atomic mass is 10.2. The summed E-state index contributed by atoms with van der Waals surface area (Å²) in [5.41, 5.74) is 2.42. The molecule has 2 aromatic carbocycles. The van der Waals surface area contributed by atoms with E-state index in [0.717, 1.165) is 16.0 Å². The molecular formula is C23H17NO4S2. The normalized spacial score (nSPS) is 15.4. The lowest BCUT2D eigenvalue weighted by Gasteiger charge is -2.15. The zero-order chi connectivity index (χ0) is 20.5. The first-order valence-corrected chi connectivity index (χ1v) is 11.3. The quantitative estimate of drug-likeness (QED) is 0.526. The van der Waals surface area contributed by atoms with Gasteiger partial charge in [0.25, 0.3) is 11.8 Å². The fourth-order valence-corrected chi connectivity index (χ4v) is 5.33. The Morgan fingerprint density at radius 2 is 1.73 bits per heavy atom. The van der Waals surface area contributed by atoms with Crippen LogP contribution in [0.4, 0.5) is 0 Å².